The molecule has 4 rings (SSSR count). The van der Waals surface area contributed by atoms with Crippen LogP contribution in [0.15, 0.2) is 72.4 Å². The van der Waals surface area contributed by atoms with E-state index in [0.29, 0.717) is 6.54 Å². The summed E-state index contributed by atoms with van der Waals surface area (Å²) in [4.78, 5) is 28.7. The Bertz CT molecular complexity index is 1060. The van der Waals surface area contributed by atoms with Crippen molar-refractivity contribution in [2.45, 2.75) is 32.2 Å². The molecule has 0 unspecified atom stereocenters. The molecule has 1 aromatic heterocycles. The number of hydrazone groups is 1. The fourth-order valence-corrected chi connectivity index (χ4v) is 3.47. The lowest BCUT2D eigenvalue weighted by Gasteiger charge is -2.16. The van der Waals surface area contributed by atoms with Gasteiger partial charge in [0.25, 0.3) is 0 Å². The summed E-state index contributed by atoms with van der Waals surface area (Å²) in [5.41, 5.74) is 3.80. The Labute approximate surface area is 180 Å². The van der Waals surface area contributed by atoms with E-state index >= 15 is 0 Å². The van der Waals surface area contributed by atoms with Crippen LogP contribution < -0.4 is 5.32 Å². The van der Waals surface area contributed by atoms with Crippen molar-refractivity contribution in [3.05, 3.63) is 78.4 Å². The van der Waals surface area contributed by atoms with Crippen molar-refractivity contribution in [3.8, 4) is 5.69 Å². The molecule has 0 spiro atoms. The topological polar surface area (TPSA) is 92.5 Å². The van der Waals surface area contributed by atoms with Gasteiger partial charge in [0.05, 0.1) is 24.0 Å². The van der Waals surface area contributed by atoms with Crippen LogP contribution in [0.1, 0.15) is 43.4 Å². The van der Waals surface area contributed by atoms with E-state index in [4.69, 9.17) is 0 Å². The average molecular weight is 416 g/mol. The molecular formula is C23H24N6O2. The first kappa shape index (κ1) is 20.5. The van der Waals surface area contributed by atoms with Crippen LogP contribution in [0.4, 0.5) is 0 Å². The fraction of sp³-hybridized carbons (Fsp3) is 0.261. The number of rotatable bonds is 7. The van der Waals surface area contributed by atoms with Crippen LogP contribution >= 0.6 is 0 Å². The first-order chi connectivity index (χ1) is 15.1. The molecule has 0 aliphatic carbocycles. The molecule has 158 valence electrons. The molecule has 2 heterocycles. The van der Waals surface area contributed by atoms with E-state index in [1.54, 1.807) is 11.0 Å². The molecule has 1 atom stereocenters. The molecule has 31 heavy (non-hydrogen) atoms. The molecule has 0 radical (unpaired) electrons. The van der Waals surface area contributed by atoms with Gasteiger partial charge in [-0.25, -0.2) is 14.7 Å². The van der Waals surface area contributed by atoms with Gasteiger partial charge < -0.3 is 5.32 Å². The highest BCUT2D eigenvalue weighted by atomic mass is 16.2. The second-order valence-corrected chi connectivity index (χ2v) is 7.40. The van der Waals surface area contributed by atoms with Crippen molar-refractivity contribution in [2.24, 2.45) is 5.10 Å². The van der Waals surface area contributed by atoms with Crippen molar-refractivity contribution in [3.63, 3.8) is 0 Å². The van der Waals surface area contributed by atoms with Gasteiger partial charge in [-0.1, -0.05) is 42.5 Å². The van der Waals surface area contributed by atoms with E-state index in [0.717, 1.165) is 28.9 Å². The molecule has 3 aromatic rings. The van der Waals surface area contributed by atoms with Crippen LogP contribution in [0.3, 0.4) is 0 Å². The zero-order chi connectivity index (χ0) is 21.6. The third-order valence-electron chi connectivity index (χ3n) is 5.22. The van der Waals surface area contributed by atoms with Crippen molar-refractivity contribution in [1.29, 1.82) is 0 Å². The van der Waals surface area contributed by atoms with E-state index in [-0.39, 0.29) is 30.7 Å². The van der Waals surface area contributed by atoms with Crippen LogP contribution in [0.2, 0.25) is 0 Å². The van der Waals surface area contributed by atoms with Crippen molar-refractivity contribution in [1.82, 2.24) is 25.1 Å². The van der Waals surface area contributed by atoms with Gasteiger partial charge in [0.2, 0.25) is 11.8 Å². The Morgan fingerprint density at radius 3 is 2.55 bits per heavy atom. The van der Waals surface area contributed by atoms with E-state index < -0.39 is 0 Å². The minimum absolute atomic E-state index is 0.132. The standard InChI is InChI=1S/C23H24N6O2/c1-17(18-7-9-20(10-8-18)29-16-24-15-25-29)26-22(30)11-12-23(31)28-14-13-21(27-28)19-5-3-2-4-6-19/h2-10,15-17H,11-14H2,1H3,(H,26,30)/t17-/m0/s1. The highest BCUT2D eigenvalue weighted by Crippen LogP contribution is 2.17. The van der Waals surface area contributed by atoms with Crippen molar-refractivity contribution >= 4 is 17.5 Å². The van der Waals surface area contributed by atoms with E-state index in [1.807, 2.05) is 61.5 Å². The van der Waals surface area contributed by atoms with Crippen molar-refractivity contribution < 1.29 is 9.59 Å². The Balaban J connectivity index is 1.26. The van der Waals surface area contributed by atoms with E-state index in [2.05, 4.69) is 20.5 Å². The van der Waals surface area contributed by atoms with Gasteiger partial charge in [0.15, 0.2) is 0 Å². The number of nitrogens with zero attached hydrogens (tertiary/aromatic N) is 5. The maximum absolute atomic E-state index is 12.5. The molecule has 1 aliphatic rings. The highest BCUT2D eigenvalue weighted by Gasteiger charge is 2.22. The minimum Gasteiger partial charge on any atom is -0.350 e. The van der Waals surface area contributed by atoms with Gasteiger partial charge in [0, 0.05) is 19.3 Å². The lowest BCUT2D eigenvalue weighted by atomic mass is 10.1. The smallest absolute Gasteiger partial charge is 0.243 e. The van der Waals surface area contributed by atoms with Crippen LogP contribution in [0, 0.1) is 0 Å². The Morgan fingerprint density at radius 2 is 1.84 bits per heavy atom. The van der Waals surface area contributed by atoms with Crippen LogP contribution in [-0.2, 0) is 9.59 Å². The van der Waals surface area contributed by atoms with Gasteiger partial charge in [-0.3, -0.25) is 9.59 Å². The molecule has 2 amide bonds. The molecule has 8 heteroatoms. The van der Waals surface area contributed by atoms with E-state index in [9.17, 15) is 9.59 Å². The zero-order valence-corrected chi connectivity index (χ0v) is 17.3. The summed E-state index contributed by atoms with van der Waals surface area (Å²) in [6.07, 6.45) is 4.10. The highest BCUT2D eigenvalue weighted by molar-refractivity contribution is 6.02. The molecule has 2 aromatic carbocycles. The lowest BCUT2D eigenvalue weighted by molar-refractivity contribution is -0.133. The van der Waals surface area contributed by atoms with Crippen LogP contribution in [0.5, 0.6) is 0 Å². The summed E-state index contributed by atoms with van der Waals surface area (Å²) in [7, 11) is 0. The normalized spacial score (nSPS) is 14.2. The first-order valence-corrected chi connectivity index (χ1v) is 10.3. The third kappa shape index (κ3) is 5.03. The van der Waals surface area contributed by atoms with Crippen molar-refractivity contribution in [2.75, 3.05) is 6.54 Å². The lowest BCUT2D eigenvalue weighted by Crippen LogP contribution is -2.29. The largest absolute Gasteiger partial charge is 0.350 e. The summed E-state index contributed by atoms with van der Waals surface area (Å²) in [6.45, 7) is 2.47. The van der Waals surface area contributed by atoms with Gasteiger partial charge in [0.1, 0.15) is 12.7 Å². The maximum Gasteiger partial charge on any atom is 0.243 e. The predicted molar refractivity (Wildman–Crippen MR) is 116 cm³/mol. The van der Waals surface area contributed by atoms with E-state index in [1.165, 1.54) is 11.3 Å². The van der Waals surface area contributed by atoms with Gasteiger partial charge >= 0.3 is 0 Å². The molecule has 0 saturated heterocycles. The first-order valence-electron chi connectivity index (χ1n) is 10.3. The number of benzene rings is 2. The quantitative estimate of drug-likeness (QED) is 0.641. The van der Waals surface area contributed by atoms with Crippen LogP contribution in [-0.4, -0.2) is 43.8 Å². The Morgan fingerprint density at radius 1 is 1.06 bits per heavy atom. The SMILES string of the molecule is C[C@H](NC(=O)CCC(=O)N1CCC(c2ccccc2)=N1)c1ccc(-n2cncn2)cc1. The third-order valence-corrected chi connectivity index (χ3v) is 5.22. The summed E-state index contributed by atoms with van der Waals surface area (Å²) in [6, 6.07) is 17.4. The minimum atomic E-state index is -0.165. The molecular weight excluding hydrogens is 392 g/mol. The number of carbonyl (C=O) groups is 2. The van der Waals surface area contributed by atoms with Gasteiger partial charge in [-0.2, -0.15) is 10.2 Å². The maximum atomic E-state index is 12.5. The average Bonchev–Trinajstić information content (AvgIpc) is 3.51. The number of carbonyl (C=O) groups excluding carboxylic acids is 2. The molecule has 0 bridgehead atoms. The molecule has 1 aliphatic heterocycles. The number of nitrogens with one attached hydrogen (secondary N) is 1. The monoisotopic (exact) mass is 416 g/mol. The van der Waals surface area contributed by atoms with Gasteiger partial charge in [-0.15, -0.1) is 0 Å². The Hall–Kier alpha value is -3.81. The second-order valence-electron chi connectivity index (χ2n) is 7.40. The molecule has 0 fully saturated rings. The number of hydrogen-bond acceptors (Lipinski definition) is 5. The number of amides is 2. The fourth-order valence-electron chi connectivity index (χ4n) is 3.47. The second kappa shape index (κ2) is 9.34. The number of aromatic nitrogens is 3. The molecule has 0 saturated carbocycles. The number of hydrogen-bond donors (Lipinski definition) is 1. The summed E-state index contributed by atoms with van der Waals surface area (Å²) in [5.74, 6) is -0.293. The Kier molecular flexibility index (Phi) is 6.16. The summed E-state index contributed by atoms with van der Waals surface area (Å²) in [5, 5.41) is 13.0. The predicted octanol–water partition coefficient (Wildman–Crippen LogP) is 2.86. The summed E-state index contributed by atoms with van der Waals surface area (Å²) < 4.78 is 1.67. The zero-order valence-electron chi connectivity index (χ0n) is 17.3. The summed E-state index contributed by atoms with van der Waals surface area (Å²) >= 11 is 0. The van der Waals surface area contributed by atoms with Crippen LogP contribution in [0.25, 0.3) is 5.69 Å². The van der Waals surface area contributed by atoms with Gasteiger partial charge in [-0.05, 0) is 30.2 Å². The molecule has 1 N–H and O–H groups in total. The molecule has 8 nitrogen and oxygen atoms in total.